The monoisotopic (exact) mass is 606 g/mol. The fourth-order valence-corrected chi connectivity index (χ4v) is 5.13. The van der Waals surface area contributed by atoms with Gasteiger partial charge in [0.1, 0.15) is 17.7 Å². The van der Waals surface area contributed by atoms with E-state index in [2.05, 4.69) is 16.0 Å². The summed E-state index contributed by atoms with van der Waals surface area (Å²) in [5.41, 5.74) is 2.57. The third-order valence-electron chi connectivity index (χ3n) is 7.51. The van der Waals surface area contributed by atoms with Gasteiger partial charge in [0.2, 0.25) is 11.8 Å². The third-order valence-corrected chi connectivity index (χ3v) is 7.51. The van der Waals surface area contributed by atoms with Crippen LogP contribution in [-0.2, 0) is 25.5 Å². The van der Waals surface area contributed by atoms with E-state index < -0.39 is 47.4 Å². The number of likely N-dealkylation sites (N-methyl/N-ethyl adjacent to an activating group) is 1. The quantitative estimate of drug-likeness (QED) is 0.235. The van der Waals surface area contributed by atoms with Crippen LogP contribution in [0.4, 0.5) is 0 Å². The molecule has 44 heavy (non-hydrogen) atoms. The molecule has 3 rings (SSSR count). The lowest BCUT2D eigenvalue weighted by atomic mass is 9.99. The molecular weight excluding hydrogens is 560 g/mol. The van der Waals surface area contributed by atoms with Crippen molar-refractivity contribution in [2.75, 3.05) is 13.6 Å². The zero-order valence-corrected chi connectivity index (χ0v) is 27.1. The van der Waals surface area contributed by atoms with Crippen molar-refractivity contribution < 1.29 is 28.7 Å². The van der Waals surface area contributed by atoms with E-state index in [1.54, 1.807) is 32.9 Å². The Balaban J connectivity index is 1.83. The van der Waals surface area contributed by atoms with Crippen LogP contribution in [0.25, 0.3) is 0 Å². The van der Waals surface area contributed by atoms with Crippen LogP contribution in [0.1, 0.15) is 84.9 Å². The average molecular weight is 607 g/mol. The van der Waals surface area contributed by atoms with Gasteiger partial charge in [0, 0.05) is 20.0 Å². The number of hydrogen-bond donors (Lipinski definition) is 3. The van der Waals surface area contributed by atoms with Crippen LogP contribution >= 0.6 is 0 Å². The van der Waals surface area contributed by atoms with Gasteiger partial charge in [-0.2, -0.15) is 0 Å². The number of esters is 1. The first kappa shape index (κ1) is 34.4. The second kappa shape index (κ2) is 14.6. The zero-order chi connectivity index (χ0) is 32.8. The molecule has 1 heterocycles. The molecule has 0 aliphatic carbocycles. The Morgan fingerprint density at radius 3 is 1.93 bits per heavy atom. The molecule has 0 saturated heterocycles. The van der Waals surface area contributed by atoms with Crippen molar-refractivity contribution in [1.29, 1.82) is 0 Å². The standard InChI is InChI=1S/C34H46N4O6/c1-20(2)16-27(30(40)37-28(29(39)35-8)19-23-12-10-9-11-13-23)36-26(33(43)44-34(5,6)7)14-15-38-31(41)24-17-21(3)22(4)18-25(24)32(38)42/h9-13,17-18,20,26-28,36H,14-16,19H2,1-8H3,(H,35,39)(H,37,40)/t26?,27-,28-/m0/s1. The molecular formula is C34H46N4O6. The summed E-state index contributed by atoms with van der Waals surface area (Å²) in [5.74, 6) is -2.15. The number of aryl methyl sites for hydroxylation is 2. The Kier molecular flexibility index (Phi) is 11.4. The van der Waals surface area contributed by atoms with Crippen LogP contribution < -0.4 is 16.0 Å². The molecule has 1 unspecified atom stereocenters. The number of nitrogens with one attached hydrogen (secondary N) is 3. The largest absolute Gasteiger partial charge is 0.459 e. The number of fused-ring (bicyclic) bond motifs is 1. The van der Waals surface area contributed by atoms with Gasteiger partial charge in [-0.3, -0.25) is 34.2 Å². The third kappa shape index (κ3) is 8.98. The maximum Gasteiger partial charge on any atom is 0.323 e. The van der Waals surface area contributed by atoms with E-state index in [0.717, 1.165) is 21.6 Å². The lowest BCUT2D eigenvalue weighted by Crippen LogP contribution is -2.57. The Hall–Kier alpha value is -4.05. The minimum absolute atomic E-state index is 0.0309. The number of carbonyl (C=O) groups excluding carboxylic acids is 5. The van der Waals surface area contributed by atoms with Crippen LogP contribution in [-0.4, -0.2) is 71.8 Å². The van der Waals surface area contributed by atoms with Gasteiger partial charge in [-0.15, -0.1) is 0 Å². The van der Waals surface area contributed by atoms with Crippen LogP contribution in [0, 0.1) is 19.8 Å². The molecule has 1 aliphatic rings. The number of rotatable bonds is 13. The Bertz CT molecular complexity index is 1340. The van der Waals surface area contributed by atoms with E-state index in [1.165, 1.54) is 7.05 Å². The van der Waals surface area contributed by atoms with Gasteiger partial charge < -0.3 is 15.4 Å². The van der Waals surface area contributed by atoms with Gasteiger partial charge >= 0.3 is 5.97 Å². The summed E-state index contributed by atoms with van der Waals surface area (Å²) >= 11 is 0. The molecule has 4 amide bonds. The Morgan fingerprint density at radius 2 is 1.43 bits per heavy atom. The molecule has 3 N–H and O–H groups in total. The molecule has 238 valence electrons. The zero-order valence-electron chi connectivity index (χ0n) is 27.1. The average Bonchev–Trinajstić information content (AvgIpc) is 3.16. The van der Waals surface area contributed by atoms with Crippen molar-refractivity contribution in [3.05, 3.63) is 70.3 Å². The number of nitrogens with zero attached hydrogens (tertiary/aromatic N) is 1. The van der Waals surface area contributed by atoms with Gasteiger partial charge in [0.05, 0.1) is 17.2 Å². The smallest absolute Gasteiger partial charge is 0.323 e. The summed E-state index contributed by atoms with van der Waals surface area (Å²) in [6.45, 7) is 12.8. The van der Waals surface area contributed by atoms with Crippen molar-refractivity contribution in [1.82, 2.24) is 20.9 Å². The first-order chi connectivity index (χ1) is 20.6. The minimum atomic E-state index is -1.01. The number of imide groups is 1. The van der Waals surface area contributed by atoms with E-state index in [0.29, 0.717) is 17.5 Å². The van der Waals surface area contributed by atoms with Gasteiger partial charge in [0.15, 0.2) is 0 Å². The van der Waals surface area contributed by atoms with Crippen LogP contribution in [0.3, 0.4) is 0 Å². The normalized spacial score (nSPS) is 15.1. The number of carbonyl (C=O) groups is 5. The summed E-state index contributed by atoms with van der Waals surface area (Å²) in [6, 6.07) is 10.1. The van der Waals surface area contributed by atoms with Crippen LogP contribution in [0.5, 0.6) is 0 Å². The predicted octanol–water partition coefficient (Wildman–Crippen LogP) is 3.48. The fourth-order valence-electron chi connectivity index (χ4n) is 5.13. The highest BCUT2D eigenvalue weighted by Gasteiger charge is 2.38. The maximum atomic E-state index is 13.7. The Labute approximate surface area is 260 Å². The second-order valence-corrected chi connectivity index (χ2v) is 12.8. The van der Waals surface area contributed by atoms with E-state index >= 15 is 0 Å². The fraction of sp³-hybridized carbons (Fsp3) is 0.500. The lowest BCUT2D eigenvalue weighted by Gasteiger charge is -2.30. The molecule has 10 nitrogen and oxygen atoms in total. The second-order valence-electron chi connectivity index (χ2n) is 12.8. The van der Waals surface area contributed by atoms with Crippen molar-refractivity contribution in [3.8, 4) is 0 Å². The SMILES string of the molecule is CNC(=O)[C@H](Cc1ccccc1)NC(=O)[C@H](CC(C)C)NC(CCN1C(=O)c2cc(C)c(C)cc2C1=O)C(=O)OC(C)(C)C. The van der Waals surface area contributed by atoms with Crippen molar-refractivity contribution in [3.63, 3.8) is 0 Å². The molecule has 0 saturated carbocycles. The van der Waals surface area contributed by atoms with Crippen LogP contribution in [0.15, 0.2) is 42.5 Å². The highest BCUT2D eigenvalue weighted by atomic mass is 16.6. The van der Waals surface area contributed by atoms with Gasteiger partial charge in [-0.05, 0) is 82.2 Å². The topological polar surface area (TPSA) is 134 Å². The molecule has 0 bridgehead atoms. The highest BCUT2D eigenvalue weighted by Crippen LogP contribution is 2.26. The van der Waals surface area contributed by atoms with E-state index in [-0.39, 0.29) is 31.2 Å². The minimum Gasteiger partial charge on any atom is -0.459 e. The van der Waals surface area contributed by atoms with Crippen molar-refractivity contribution in [2.45, 2.75) is 91.5 Å². The first-order valence-electron chi connectivity index (χ1n) is 15.1. The Morgan fingerprint density at radius 1 is 0.864 bits per heavy atom. The molecule has 2 aromatic rings. The van der Waals surface area contributed by atoms with Crippen molar-refractivity contribution >= 4 is 29.6 Å². The number of ether oxygens (including phenoxy) is 1. The number of amides is 4. The molecule has 10 heteroatoms. The molecule has 0 fully saturated rings. The molecule has 2 aromatic carbocycles. The summed E-state index contributed by atoms with van der Waals surface area (Å²) in [5, 5.41) is 8.63. The van der Waals surface area contributed by atoms with Gasteiger partial charge in [-0.25, -0.2) is 0 Å². The summed E-state index contributed by atoms with van der Waals surface area (Å²) < 4.78 is 5.68. The maximum absolute atomic E-state index is 13.7. The van der Waals surface area contributed by atoms with E-state index in [1.807, 2.05) is 58.0 Å². The first-order valence-corrected chi connectivity index (χ1v) is 15.1. The predicted molar refractivity (Wildman–Crippen MR) is 168 cm³/mol. The van der Waals surface area contributed by atoms with Gasteiger partial charge in [-0.1, -0.05) is 44.2 Å². The lowest BCUT2D eigenvalue weighted by molar-refractivity contribution is -0.158. The number of hydrogen-bond acceptors (Lipinski definition) is 7. The summed E-state index contributed by atoms with van der Waals surface area (Å²) in [6.07, 6.45) is 0.681. The summed E-state index contributed by atoms with van der Waals surface area (Å²) in [4.78, 5) is 67.4. The highest BCUT2D eigenvalue weighted by molar-refractivity contribution is 6.21. The summed E-state index contributed by atoms with van der Waals surface area (Å²) in [7, 11) is 1.51. The molecule has 3 atom stereocenters. The van der Waals surface area contributed by atoms with Crippen molar-refractivity contribution in [2.24, 2.45) is 5.92 Å². The van der Waals surface area contributed by atoms with E-state index in [4.69, 9.17) is 4.74 Å². The van der Waals surface area contributed by atoms with E-state index in [9.17, 15) is 24.0 Å². The molecule has 0 aromatic heterocycles. The van der Waals surface area contributed by atoms with Crippen LogP contribution in [0.2, 0.25) is 0 Å². The molecule has 0 radical (unpaired) electrons. The van der Waals surface area contributed by atoms with Gasteiger partial charge in [0.25, 0.3) is 11.8 Å². The molecule has 0 spiro atoms. The molecule has 1 aliphatic heterocycles. The number of benzene rings is 2.